The number of nitrogens with zero attached hydrogens (tertiary/aromatic N) is 2. The number of rotatable bonds is 3. The first kappa shape index (κ1) is 12.3. The van der Waals surface area contributed by atoms with E-state index in [9.17, 15) is 4.39 Å². The molecule has 1 aromatic carbocycles. The highest BCUT2D eigenvalue weighted by molar-refractivity contribution is 5.55. The Hall–Kier alpha value is -1.72. The van der Waals surface area contributed by atoms with Gasteiger partial charge in [-0.3, -0.25) is 0 Å². The molecular formula is C14H16FN3O. The van der Waals surface area contributed by atoms with Crippen LogP contribution in [-0.2, 0) is 0 Å². The Bertz CT molecular complexity index is 569. The quantitative estimate of drug-likeness (QED) is 0.882. The summed E-state index contributed by atoms with van der Waals surface area (Å²) in [4.78, 5) is 4.33. The topological polar surface area (TPSA) is 50.1 Å². The summed E-state index contributed by atoms with van der Waals surface area (Å²) in [5.74, 6) is 0.509. The summed E-state index contributed by atoms with van der Waals surface area (Å²) in [6.07, 6.45) is 4.49. The number of halogens is 1. The predicted molar refractivity (Wildman–Crippen MR) is 70.2 cm³/mol. The van der Waals surface area contributed by atoms with E-state index in [1.807, 2.05) is 12.3 Å². The Morgan fingerprint density at radius 3 is 3.11 bits per heavy atom. The highest BCUT2D eigenvalue weighted by Crippen LogP contribution is 2.26. The normalized spacial score (nSPS) is 22.8. The van der Waals surface area contributed by atoms with Crippen LogP contribution in [0, 0.1) is 5.82 Å². The standard InChI is InChI=1S/C14H16FN3O/c15-11-3-1-2-10(6-11)14-16-4-5-18(14)13-7-12(9-19)17-8-13/h1-6,12-13,17,19H,7-9H2/t12-,13-/m0/s1. The van der Waals surface area contributed by atoms with Crippen molar-refractivity contribution in [2.45, 2.75) is 18.5 Å². The van der Waals surface area contributed by atoms with Gasteiger partial charge in [-0.15, -0.1) is 0 Å². The van der Waals surface area contributed by atoms with Gasteiger partial charge in [0.1, 0.15) is 11.6 Å². The average molecular weight is 261 g/mol. The number of hydrogen-bond acceptors (Lipinski definition) is 3. The van der Waals surface area contributed by atoms with Gasteiger partial charge in [0.15, 0.2) is 0 Å². The molecule has 19 heavy (non-hydrogen) atoms. The number of aliphatic hydroxyl groups is 1. The molecule has 5 heteroatoms. The Kier molecular flexibility index (Phi) is 3.31. The number of hydrogen-bond donors (Lipinski definition) is 2. The first-order valence-electron chi connectivity index (χ1n) is 6.41. The van der Waals surface area contributed by atoms with Crippen LogP contribution in [0.5, 0.6) is 0 Å². The van der Waals surface area contributed by atoms with E-state index in [1.54, 1.807) is 12.3 Å². The Labute approximate surface area is 110 Å². The summed E-state index contributed by atoms with van der Waals surface area (Å²) < 4.78 is 15.4. The van der Waals surface area contributed by atoms with Crippen LogP contribution in [-0.4, -0.2) is 33.9 Å². The summed E-state index contributed by atoms with van der Waals surface area (Å²) >= 11 is 0. The Morgan fingerprint density at radius 1 is 1.47 bits per heavy atom. The molecule has 3 rings (SSSR count). The minimum Gasteiger partial charge on any atom is -0.395 e. The first-order chi connectivity index (χ1) is 9.28. The molecule has 0 aliphatic carbocycles. The molecule has 4 nitrogen and oxygen atoms in total. The van der Waals surface area contributed by atoms with E-state index >= 15 is 0 Å². The van der Waals surface area contributed by atoms with Crippen LogP contribution in [0.4, 0.5) is 4.39 Å². The summed E-state index contributed by atoms with van der Waals surface area (Å²) in [6.45, 7) is 0.935. The lowest BCUT2D eigenvalue weighted by atomic mass is 10.1. The molecule has 1 saturated heterocycles. The number of nitrogens with one attached hydrogen (secondary N) is 1. The predicted octanol–water partition coefficient (Wildman–Crippen LogP) is 1.58. The SMILES string of the molecule is OC[C@@H]1C[C@H](n2ccnc2-c2cccc(F)c2)CN1. The molecule has 2 heterocycles. The fourth-order valence-electron chi connectivity index (χ4n) is 2.61. The molecule has 2 aromatic rings. The van der Waals surface area contributed by atoms with Crippen LogP contribution >= 0.6 is 0 Å². The van der Waals surface area contributed by atoms with E-state index in [4.69, 9.17) is 5.11 Å². The molecular weight excluding hydrogens is 245 g/mol. The van der Waals surface area contributed by atoms with Gasteiger partial charge in [0, 0.05) is 36.6 Å². The maximum Gasteiger partial charge on any atom is 0.140 e. The fraction of sp³-hybridized carbons (Fsp3) is 0.357. The Morgan fingerprint density at radius 2 is 2.37 bits per heavy atom. The van der Waals surface area contributed by atoms with Gasteiger partial charge in [0.2, 0.25) is 0 Å². The monoisotopic (exact) mass is 261 g/mol. The highest BCUT2D eigenvalue weighted by atomic mass is 19.1. The van der Waals surface area contributed by atoms with E-state index < -0.39 is 0 Å². The van der Waals surface area contributed by atoms with E-state index in [0.717, 1.165) is 24.4 Å². The van der Waals surface area contributed by atoms with Gasteiger partial charge in [-0.1, -0.05) is 12.1 Å². The third kappa shape index (κ3) is 2.39. The third-order valence-electron chi connectivity index (χ3n) is 3.56. The van der Waals surface area contributed by atoms with Crippen molar-refractivity contribution in [1.29, 1.82) is 0 Å². The molecule has 100 valence electrons. The molecule has 1 aromatic heterocycles. The van der Waals surface area contributed by atoms with Crippen LogP contribution in [0.3, 0.4) is 0 Å². The molecule has 1 aliphatic rings. The average Bonchev–Trinajstić information content (AvgIpc) is 3.07. The number of imidazole rings is 1. The Balaban J connectivity index is 1.91. The molecule has 0 amide bonds. The lowest BCUT2D eigenvalue weighted by Gasteiger charge is -2.14. The van der Waals surface area contributed by atoms with Crippen molar-refractivity contribution in [3.05, 3.63) is 42.5 Å². The van der Waals surface area contributed by atoms with Gasteiger partial charge < -0.3 is 15.0 Å². The fourth-order valence-corrected chi connectivity index (χ4v) is 2.61. The van der Waals surface area contributed by atoms with E-state index in [-0.39, 0.29) is 24.5 Å². The second-order valence-corrected chi connectivity index (χ2v) is 4.85. The molecule has 0 unspecified atom stereocenters. The zero-order valence-electron chi connectivity index (χ0n) is 10.5. The molecule has 0 saturated carbocycles. The second kappa shape index (κ2) is 5.11. The summed E-state index contributed by atoms with van der Waals surface area (Å²) in [5.41, 5.74) is 0.775. The van der Waals surface area contributed by atoms with Crippen LogP contribution in [0.25, 0.3) is 11.4 Å². The summed E-state index contributed by atoms with van der Waals surface area (Å²) in [6, 6.07) is 6.84. The van der Waals surface area contributed by atoms with E-state index in [1.165, 1.54) is 12.1 Å². The van der Waals surface area contributed by atoms with E-state index in [0.29, 0.717) is 0 Å². The zero-order valence-corrected chi connectivity index (χ0v) is 10.5. The lowest BCUT2D eigenvalue weighted by Crippen LogP contribution is -2.24. The summed E-state index contributed by atoms with van der Waals surface area (Å²) in [7, 11) is 0. The zero-order chi connectivity index (χ0) is 13.2. The van der Waals surface area contributed by atoms with Crippen LogP contribution in [0.1, 0.15) is 12.5 Å². The molecule has 2 N–H and O–H groups in total. The van der Waals surface area contributed by atoms with Crippen molar-refractivity contribution in [1.82, 2.24) is 14.9 Å². The smallest absolute Gasteiger partial charge is 0.140 e. The largest absolute Gasteiger partial charge is 0.395 e. The van der Waals surface area contributed by atoms with Gasteiger partial charge in [0.05, 0.1) is 6.61 Å². The summed E-state index contributed by atoms with van der Waals surface area (Å²) in [5, 5.41) is 12.4. The van der Waals surface area contributed by atoms with Crippen LogP contribution < -0.4 is 5.32 Å². The minimum atomic E-state index is -0.259. The molecule has 2 atom stereocenters. The van der Waals surface area contributed by atoms with Crippen molar-refractivity contribution in [3.8, 4) is 11.4 Å². The third-order valence-corrected chi connectivity index (χ3v) is 3.56. The molecule has 1 aliphatic heterocycles. The first-order valence-corrected chi connectivity index (χ1v) is 6.41. The maximum atomic E-state index is 13.3. The van der Waals surface area contributed by atoms with Crippen molar-refractivity contribution >= 4 is 0 Å². The van der Waals surface area contributed by atoms with Gasteiger partial charge in [-0.05, 0) is 18.6 Å². The molecule has 0 spiro atoms. The molecule has 1 fully saturated rings. The number of aromatic nitrogens is 2. The number of benzene rings is 1. The number of aliphatic hydroxyl groups excluding tert-OH is 1. The van der Waals surface area contributed by atoms with Crippen molar-refractivity contribution in [2.75, 3.05) is 13.2 Å². The van der Waals surface area contributed by atoms with Crippen LogP contribution in [0.15, 0.2) is 36.7 Å². The second-order valence-electron chi connectivity index (χ2n) is 4.85. The van der Waals surface area contributed by atoms with Gasteiger partial charge in [-0.2, -0.15) is 0 Å². The lowest BCUT2D eigenvalue weighted by molar-refractivity contribution is 0.253. The van der Waals surface area contributed by atoms with E-state index in [2.05, 4.69) is 14.9 Å². The van der Waals surface area contributed by atoms with Crippen molar-refractivity contribution in [3.63, 3.8) is 0 Å². The van der Waals surface area contributed by atoms with Crippen molar-refractivity contribution in [2.24, 2.45) is 0 Å². The van der Waals surface area contributed by atoms with Gasteiger partial charge >= 0.3 is 0 Å². The van der Waals surface area contributed by atoms with Crippen molar-refractivity contribution < 1.29 is 9.50 Å². The maximum absolute atomic E-state index is 13.3. The minimum absolute atomic E-state index is 0.132. The van der Waals surface area contributed by atoms with Gasteiger partial charge in [0.25, 0.3) is 0 Å². The van der Waals surface area contributed by atoms with Gasteiger partial charge in [-0.25, -0.2) is 9.37 Å². The molecule has 0 radical (unpaired) electrons. The van der Waals surface area contributed by atoms with Crippen LogP contribution in [0.2, 0.25) is 0 Å². The molecule has 0 bridgehead atoms. The highest BCUT2D eigenvalue weighted by Gasteiger charge is 2.26.